The molecule has 0 saturated heterocycles. The number of allylic oxidation sites excluding steroid dienone is 2. The van der Waals surface area contributed by atoms with E-state index in [0.717, 1.165) is 59.9 Å². The zero-order valence-corrected chi connectivity index (χ0v) is 32.7. The molecule has 2 aliphatic rings. The summed E-state index contributed by atoms with van der Waals surface area (Å²) < 4.78 is 50.3. The summed E-state index contributed by atoms with van der Waals surface area (Å²) in [6.07, 6.45) is 7.43. The lowest BCUT2D eigenvalue weighted by Gasteiger charge is -2.29. The maximum atomic E-state index is 14.7. The van der Waals surface area contributed by atoms with E-state index >= 15 is 0 Å². The summed E-state index contributed by atoms with van der Waals surface area (Å²) in [6, 6.07) is 20.3. The van der Waals surface area contributed by atoms with Gasteiger partial charge in [-0.3, -0.25) is 0 Å². The molecular formula is C46H52F2O6. The third-order valence-electron chi connectivity index (χ3n) is 10.8. The Morgan fingerprint density at radius 3 is 1.69 bits per heavy atom. The third-order valence-corrected chi connectivity index (χ3v) is 10.8. The van der Waals surface area contributed by atoms with Crippen molar-refractivity contribution in [2.24, 2.45) is 10.8 Å². The molecule has 54 heavy (non-hydrogen) atoms. The van der Waals surface area contributed by atoms with Gasteiger partial charge in [-0.2, -0.15) is 0 Å². The van der Waals surface area contributed by atoms with Crippen LogP contribution in [-0.4, -0.2) is 39.4 Å². The Balaban J connectivity index is 0.000000208. The Morgan fingerprint density at radius 2 is 1.20 bits per heavy atom. The molecule has 4 aromatic carbocycles. The molecule has 6 nitrogen and oxygen atoms in total. The van der Waals surface area contributed by atoms with Crippen molar-refractivity contribution >= 4 is 17.5 Å². The Kier molecular flexibility index (Phi) is 12.7. The lowest BCUT2D eigenvalue weighted by molar-refractivity contribution is 0.0591. The predicted molar refractivity (Wildman–Crippen MR) is 210 cm³/mol. The van der Waals surface area contributed by atoms with Crippen LogP contribution < -0.4 is 9.47 Å². The Hall–Kier alpha value is -4.98. The fraction of sp³-hybridized carbons (Fsp3) is 0.391. The minimum Gasteiger partial charge on any atom is -0.494 e. The molecule has 0 aromatic heterocycles. The summed E-state index contributed by atoms with van der Waals surface area (Å²) in [5, 5.41) is 0. The molecule has 0 aliphatic heterocycles. The van der Waals surface area contributed by atoms with Crippen LogP contribution >= 0.6 is 0 Å². The lowest BCUT2D eigenvalue weighted by Crippen LogP contribution is -2.17. The van der Waals surface area contributed by atoms with Gasteiger partial charge >= 0.3 is 11.9 Å². The largest absolute Gasteiger partial charge is 0.494 e. The molecule has 6 rings (SSSR count). The normalized spacial score (nSPS) is 16.9. The number of ether oxygens (including phenoxy) is 4. The maximum Gasteiger partial charge on any atom is 0.337 e. The molecular weight excluding hydrogens is 686 g/mol. The molecule has 286 valence electrons. The molecule has 0 bridgehead atoms. The van der Waals surface area contributed by atoms with Gasteiger partial charge in [-0.05, 0) is 145 Å². The number of carbonyl (C=O) groups excluding carboxylic acids is 2. The van der Waals surface area contributed by atoms with Crippen molar-refractivity contribution in [3.8, 4) is 33.8 Å². The van der Waals surface area contributed by atoms with Gasteiger partial charge in [0.2, 0.25) is 0 Å². The summed E-state index contributed by atoms with van der Waals surface area (Å²) in [5.74, 6) is 0.138. The van der Waals surface area contributed by atoms with Crippen molar-refractivity contribution in [1.82, 2.24) is 0 Å². The van der Waals surface area contributed by atoms with E-state index in [-0.39, 0.29) is 34.4 Å². The van der Waals surface area contributed by atoms with E-state index in [2.05, 4.69) is 33.8 Å². The molecule has 0 spiro atoms. The fourth-order valence-corrected chi connectivity index (χ4v) is 7.89. The highest BCUT2D eigenvalue weighted by atomic mass is 19.1. The minimum absolute atomic E-state index is 0.0441. The second-order valence-corrected chi connectivity index (χ2v) is 15.2. The molecule has 0 amide bonds. The maximum absolute atomic E-state index is 14.7. The summed E-state index contributed by atoms with van der Waals surface area (Å²) in [5.41, 5.74) is 6.57. The van der Waals surface area contributed by atoms with E-state index in [4.69, 9.17) is 18.9 Å². The molecule has 1 atom stereocenters. The van der Waals surface area contributed by atoms with Gasteiger partial charge in [-0.15, -0.1) is 0 Å². The van der Waals surface area contributed by atoms with E-state index < -0.39 is 5.97 Å². The number of hydrogen-bond donors (Lipinski definition) is 0. The van der Waals surface area contributed by atoms with E-state index in [1.54, 1.807) is 42.5 Å². The van der Waals surface area contributed by atoms with Gasteiger partial charge in [0.25, 0.3) is 0 Å². The summed E-state index contributed by atoms with van der Waals surface area (Å²) >= 11 is 0. The Labute approximate surface area is 318 Å². The van der Waals surface area contributed by atoms with Gasteiger partial charge in [0.15, 0.2) is 0 Å². The average Bonchev–Trinajstić information content (AvgIpc) is 3.71. The smallest absolute Gasteiger partial charge is 0.337 e. The van der Waals surface area contributed by atoms with Gasteiger partial charge in [0, 0.05) is 11.1 Å². The Morgan fingerprint density at radius 1 is 0.667 bits per heavy atom. The number of rotatable bonds is 10. The second-order valence-electron chi connectivity index (χ2n) is 15.2. The van der Waals surface area contributed by atoms with Crippen LogP contribution in [0.5, 0.6) is 11.5 Å². The second kappa shape index (κ2) is 17.0. The minimum atomic E-state index is -0.400. The fourth-order valence-electron chi connectivity index (χ4n) is 7.89. The van der Waals surface area contributed by atoms with Crippen LogP contribution in [0.4, 0.5) is 8.78 Å². The molecule has 1 fully saturated rings. The number of esters is 2. The van der Waals surface area contributed by atoms with E-state index in [0.29, 0.717) is 47.0 Å². The lowest BCUT2D eigenvalue weighted by atomic mass is 9.75. The molecule has 0 heterocycles. The van der Waals surface area contributed by atoms with Gasteiger partial charge < -0.3 is 18.9 Å². The number of benzene rings is 4. The Bertz CT molecular complexity index is 2030. The molecule has 8 heteroatoms. The predicted octanol–water partition coefficient (Wildman–Crippen LogP) is 11.9. The summed E-state index contributed by atoms with van der Waals surface area (Å²) in [7, 11) is 2.74. The average molecular weight is 739 g/mol. The zero-order valence-electron chi connectivity index (χ0n) is 32.7. The van der Waals surface area contributed by atoms with Gasteiger partial charge in [0.05, 0.1) is 38.6 Å². The summed E-state index contributed by atoms with van der Waals surface area (Å²) in [4.78, 5) is 24.1. The highest BCUT2D eigenvalue weighted by Gasteiger charge is 2.37. The van der Waals surface area contributed by atoms with Crippen LogP contribution in [0.3, 0.4) is 0 Å². The molecule has 1 saturated carbocycles. The van der Waals surface area contributed by atoms with Crippen LogP contribution in [0.1, 0.15) is 111 Å². The van der Waals surface area contributed by atoms with Gasteiger partial charge in [0.1, 0.15) is 23.1 Å². The van der Waals surface area contributed by atoms with Gasteiger partial charge in [-0.1, -0.05) is 52.3 Å². The third kappa shape index (κ3) is 8.69. The van der Waals surface area contributed by atoms with Crippen molar-refractivity contribution in [1.29, 1.82) is 0 Å². The number of carbonyl (C=O) groups is 2. The molecule has 2 aliphatic carbocycles. The quantitative estimate of drug-likeness (QED) is 0.151. The van der Waals surface area contributed by atoms with Crippen molar-refractivity contribution in [2.45, 2.75) is 79.6 Å². The van der Waals surface area contributed by atoms with Crippen LogP contribution in [0.25, 0.3) is 27.8 Å². The number of methoxy groups -OCH3 is 2. The first-order chi connectivity index (χ1) is 25.7. The number of hydrogen-bond acceptors (Lipinski definition) is 6. The van der Waals surface area contributed by atoms with E-state index in [1.807, 2.05) is 32.0 Å². The molecule has 0 radical (unpaired) electrons. The molecule has 0 N–H and O–H groups in total. The monoisotopic (exact) mass is 738 g/mol. The van der Waals surface area contributed by atoms with Crippen molar-refractivity contribution < 1.29 is 37.3 Å². The molecule has 1 unspecified atom stereocenters. The van der Waals surface area contributed by atoms with Crippen LogP contribution in [0.15, 0.2) is 78.9 Å². The standard InChI is InChI=1S/C23H27FO3.C23H25FO3/c2*1-5-27-16-9-11-21(24)19(14-16)17-10-8-15(22(25)26-4)13-18(17)20-7-6-12-23(20,2)3/h8-11,13-14,20H,5-7,12H2,1-4H3;7-11,13-14H,5-6,12H2,1-4H3. The first kappa shape index (κ1) is 40.2. The number of halogens is 2. The van der Waals surface area contributed by atoms with Crippen molar-refractivity contribution in [2.75, 3.05) is 27.4 Å². The summed E-state index contributed by atoms with van der Waals surface area (Å²) in [6.45, 7) is 13.7. The van der Waals surface area contributed by atoms with E-state index in [1.165, 1.54) is 26.4 Å². The SMILES string of the molecule is CCOc1ccc(F)c(-c2ccc(C(=O)OC)cc2C2=CCCC2(C)C)c1.CCOc1ccc(F)c(-c2ccc(C(=O)OC)cc2C2CCCC2(C)C)c1. The van der Waals surface area contributed by atoms with Crippen LogP contribution in [0, 0.1) is 22.5 Å². The van der Waals surface area contributed by atoms with Crippen LogP contribution in [-0.2, 0) is 9.47 Å². The zero-order chi connectivity index (χ0) is 39.2. The molecule has 4 aromatic rings. The first-order valence-electron chi connectivity index (χ1n) is 18.8. The highest BCUT2D eigenvalue weighted by molar-refractivity contribution is 5.94. The van der Waals surface area contributed by atoms with Crippen LogP contribution in [0.2, 0.25) is 0 Å². The van der Waals surface area contributed by atoms with Crippen molar-refractivity contribution in [3.05, 3.63) is 113 Å². The topological polar surface area (TPSA) is 71.1 Å². The van der Waals surface area contributed by atoms with E-state index in [9.17, 15) is 18.4 Å². The van der Waals surface area contributed by atoms with Gasteiger partial charge in [-0.25, -0.2) is 18.4 Å². The highest BCUT2D eigenvalue weighted by Crippen LogP contribution is 2.52. The first-order valence-corrected chi connectivity index (χ1v) is 18.8. The van der Waals surface area contributed by atoms with Crippen molar-refractivity contribution in [3.63, 3.8) is 0 Å².